The Balaban J connectivity index is 1.68. The van der Waals surface area contributed by atoms with E-state index in [0.717, 1.165) is 28.7 Å². The molecule has 0 fully saturated rings. The molecule has 0 bridgehead atoms. The second-order valence-electron chi connectivity index (χ2n) is 5.70. The maximum absolute atomic E-state index is 12.3. The molecule has 134 valence electrons. The van der Waals surface area contributed by atoms with Gasteiger partial charge in [0.15, 0.2) is 0 Å². The van der Waals surface area contributed by atoms with Crippen LogP contribution in [0.3, 0.4) is 0 Å². The number of fused-ring (bicyclic) bond motifs is 1. The molecule has 1 amide bonds. The SMILES string of the molecule is CCN(CC)c1ccc(C=NNC(=O)c2sc3ccccc3c2Cl)cc1. The van der Waals surface area contributed by atoms with Crippen LogP contribution in [0.15, 0.2) is 53.6 Å². The molecule has 0 radical (unpaired) electrons. The minimum absolute atomic E-state index is 0.299. The maximum Gasteiger partial charge on any atom is 0.283 e. The molecule has 3 rings (SSSR count). The van der Waals surface area contributed by atoms with E-state index in [4.69, 9.17) is 11.6 Å². The molecule has 1 N–H and O–H groups in total. The van der Waals surface area contributed by atoms with Gasteiger partial charge < -0.3 is 4.90 Å². The van der Waals surface area contributed by atoms with Crippen LogP contribution < -0.4 is 10.3 Å². The third-order valence-electron chi connectivity index (χ3n) is 4.14. The molecular weight excluding hydrogens is 366 g/mol. The number of rotatable bonds is 6. The zero-order chi connectivity index (χ0) is 18.5. The van der Waals surface area contributed by atoms with Crippen molar-refractivity contribution >= 4 is 50.8 Å². The predicted molar refractivity (Wildman–Crippen MR) is 112 cm³/mol. The number of hydrogen-bond donors (Lipinski definition) is 1. The van der Waals surface area contributed by atoms with E-state index in [1.165, 1.54) is 17.0 Å². The lowest BCUT2D eigenvalue weighted by Crippen LogP contribution is -2.21. The zero-order valence-electron chi connectivity index (χ0n) is 14.7. The summed E-state index contributed by atoms with van der Waals surface area (Å²) in [5, 5.41) is 5.42. The summed E-state index contributed by atoms with van der Waals surface area (Å²) in [6.07, 6.45) is 1.63. The fourth-order valence-electron chi connectivity index (χ4n) is 2.74. The van der Waals surface area contributed by atoms with E-state index in [1.54, 1.807) is 6.21 Å². The molecule has 0 unspecified atom stereocenters. The topological polar surface area (TPSA) is 44.7 Å². The van der Waals surface area contributed by atoms with Crippen LogP contribution >= 0.6 is 22.9 Å². The number of anilines is 1. The molecule has 0 spiro atoms. The number of amides is 1. The summed E-state index contributed by atoms with van der Waals surface area (Å²) in [6.45, 7) is 6.20. The van der Waals surface area contributed by atoms with E-state index in [1.807, 2.05) is 36.4 Å². The largest absolute Gasteiger partial charge is 0.372 e. The van der Waals surface area contributed by atoms with E-state index in [2.05, 4.69) is 41.4 Å². The number of nitrogens with zero attached hydrogens (tertiary/aromatic N) is 2. The summed E-state index contributed by atoms with van der Waals surface area (Å²) in [7, 11) is 0. The standard InChI is InChI=1S/C20H20ClN3OS/c1-3-24(4-2)15-11-9-14(10-12-15)13-22-23-20(25)19-18(21)16-7-5-6-8-17(16)26-19/h5-13H,3-4H2,1-2H3,(H,23,25). The number of hydrogen-bond acceptors (Lipinski definition) is 4. The highest BCUT2D eigenvalue weighted by molar-refractivity contribution is 7.21. The van der Waals surface area contributed by atoms with Gasteiger partial charge in [-0.3, -0.25) is 4.79 Å². The first kappa shape index (κ1) is 18.4. The van der Waals surface area contributed by atoms with Crippen molar-refractivity contribution in [1.82, 2.24) is 5.43 Å². The molecular formula is C20H20ClN3OS. The highest BCUT2D eigenvalue weighted by Crippen LogP contribution is 2.34. The fourth-order valence-corrected chi connectivity index (χ4v) is 4.14. The summed E-state index contributed by atoms with van der Waals surface area (Å²) >= 11 is 7.68. The van der Waals surface area contributed by atoms with Crippen LogP contribution in [-0.2, 0) is 0 Å². The Kier molecular flexibility index (Phi) is 5.91. The van der Waals surface area contributed by atoms with E-state index in [0.29, 0.717) is 9.90 Å². The smallest absolute Gasteiger partial charge is 0.283 e. The van der Waals surface area contributed by atoms with Gasteiger partial charge in [0.05, 0.1) is 11.2 Å². The van der Waals surface area contributed by atoms with E-state index >= 15 is 0 Å². The molecule has 0 saturated carbocycles. The molecule has 0 aliphatic carbocycles. The molecule has 2 aromatic carbocycles. The molecule has 6 heteroatoms. The van der Waals surface area contributed by atoms with Crippen molar-refractivity contribution < 1.29 is 4.79 Å². The lowest BCUT2D eigenvalue weighted by molar-refractivity contribution is 0.0959. The van der Waals surface area contributed by atoms with Crippen molar-refractivity contribution in [3.8, 4) is 0 Å². The molecule has 0 aliphatic heterocycles. The van der Waals surface area contributed by atoms with Gasteiger partial charge in [-0.15, -0.1) is 11.3 Å². The van der Waals surface area contributed by atoms with E-state index in [9.17, 15) is 4.79 Å². The van der Waals surface area contributed by atoms with Crippen LogP contribution in [0.2, 0.25) is 5.02 Å². The highest BCUT2D eigenvalue weighted by Gasteiger charge is 2.16. The Morgan fingerprint density at radius 1 is 1.15 bits per heavy atom. The number of benzene rings is 2. The van der Waals surface area contributed by atoms with Crippen LogP contribution in [0.5, 0.6) is 0 Å². The van der Waals surface area contributed by atoms with Gasteiger partial charge in [-0.05, 0) is 37.6 Å². The number of carbonyl (C=O) groups is 1. The van der Waals surface area contributed by atoms with Crippen molar-refractivity contribution in [3.05, 3.63) is 64.0 Å². The van der Waals surface area contributed by atoms with Crippen molar-refractivity contribution in [2.45, 2.75) is 13.8 Å². The van der Waals surface area contributed by atoms with Gasteiger partial charge in [0.2, 0.25) is 0 Å². The van der Waals surface area contributed by atoms with Gasteiger partial charge in [0.25, 0.3) is 5.91 Å². The van der Waals surface area contributed by atoms with Gasteiger partial charge in [-0.25, -0.2) is 5.43 Å². The maximum atomic E-state index is 12.3. The molecule has 26 heavy (non-hydrogen) atoms. The fraction of sp³-hybridized carbons (Fsp3) is 0.200. The van der Waals surface area contributed by atoms with E-state index < -0.39 is 0 Å². The number of halogens is 1. The summed E-state index contributed by atoms with van der Waals surface area (Å²) in [6, 6.07) is 15.8. The van der Waals surface area contributed by atoms with Crippen molar-refractivity contribution in [3.63, 3.8) is 0 Å². The second-order valence-corrected chi connectivity index (χ2v) is 7.13. The number of hydrazone groups is 1. The van der Waals surface area contributed by atoms with Gasteiger partial charge in [0, 0.05) is 28.9 Å². The van der Waals surface area contributed by atoms with Crippen molar-refractivity contribution in [2.75, 3.05) is 18.0 Å². The minimum Gasteiger partial charge on any atom is -0.372 e. The molecule has 1 heterocycles. The summed E-state index contributed by atoms with van der Waals surface area (Å²) in [5.74, 6) is -0.299. The normalized spacial score (nSPS) is 11.2. The average molecular weight is 386 g/mol. The first-order chi connectivity index (χ1) is 12.6. The van der Waals surface area contributed by atoms with Crippen LogP contribution in [0.25, 0.3) is 10.1 Å². The molecule has 4 nitrogen and oxygen atoms in total. The minimum atomic E-state index is -0.299. The lowest BCUT2D eigenvalue weighted by Gasteiger charge is -2.20. The summed E-state index contributed by atoms with van der Waals surface area (Å²) in [5.41, 5.74) is 4.65. The number of thiophene rings is 1. The predicted octanol–water partition coefficient (Wildman–Crippen LogP) is 5.16. The molecule has 1 aromatic heterocycles. The number of nitrogens with one attached hydrogen (secondary N) is 1. The average Bonchev–Trinajstić information content (AvgIpc) is 3.01. The van der Waals surface area contributed by atoms with E-state index in [-0.39, 0.29) is 5.91 Å². The third kappa shape index (κ3) is 3.89. The highest BCUT2D eigenvalue weighted by atomic mass is 35.5. The van der Waals surface area contributed by atoms with Crippen LogP contribution in [0.4, 0.5) is 5.69 Å². The molecule has 0 atom stereocenters. The molecule has 0 aliphatic rings. The molecule has 0 saturated heterocycles. The summed E-state index contributed by atoms with van der Waals surface area (Å²) in [4.78, 5) is 15.1. The molecule has 3 aromatic rings. The Labute approximate surface area is 162 Å². The quantitative estimate of drug-likeness (QED) is 0.470. The van der Waals surface area contributed by atoms with Gasteiger partial charge in [0.1, 0.15) is 4.88 Å². The van der Waals surface area contributed by atoms with Gasteiger partial charge in [-0.2, -0.15) is 5.10 Å². The Morgan fingerprint density at radius 2 is 1.85 bits per heavy atom. The van der Waals surface area contributed by atoms with Crippen molar-refractivity contribution in [2.24, 2.45) is 5.10 Å². The first-order valence-electron chi connectivity index (χ1n) is 8.49. The first-order valence-corrected chi connectivity index (χ1v) is 9.69. The van der Waals surface area contributed by atoms with Crippen LogP contribution in [-0.4, -0.2) is 25.2 Å². The lowest BCUT2D eigenvalue weighted by atomic mass is 10.2. The zero-order valence-corrected chi connectivity index (χ0v) is 16.3. The van der Waals surface area contributed by atoms with Crippen LogP contribution in [0, 0.1) is 0 Å². The third-order valence-corrected chi connectivity index (χ3v) is 5.82. The Morgan fingerprint density at radius 3 is 2.50 bits per heavy atom. The Bertz CT molecular complexity index is 930. The Hall–Kier alpha value is -2.37. The van der Waals surface area contributed by atoms with Gasteiger partial charge >= 0.3 is 0 Å². The summed E-state index contributed by atoms with van der Waals surface area (Å²) < 4.78 is 0.985. The second kappa shape index (κ2) is 8.34. The monoisotopic (exact) mass is 385 g/mol. The number of carbonyl (C=O) groups excluding carboxylic acids is 1. The van der Waals surface area contributed by atoms with Gasteiger partial charge in [-0.1, -0.05) is 41.9 Å². The van der Waals surface area contributed by atoms with Crippen molar-refractivity contribution in [1.29, 1.82) is 0 Å². The van der Waals surface area contributed by atoms with Crippen LogP contribution in [0.1, 0.15) is 29.1 Å².